The summed E-state index contributed by atoms with van der Waals surface area (Å²) < 4.78 is 0. The lowest BCUT2D eigenvalue weighted by Crippen LogP contribution is -2.41. The first kappa shape index (κ1) is 21.2. The van der Waals surface area contributed by atoms with Crippen LogP contribution >= 0.6 is 23.2 Å². The molecule has 2 aliphatic rings. The fourth-order valence-corrected chi connectivity index (χ4v) is 5.60. The highest BCUT2D eigenvalue weighted by Gasteiger charge is 2.40. The number of aryl methyl sites for hydroxylation is 1. The van der Waals surface area contributed by atoms with Crippen LogP contribution in [0.3, 0.4) is 0 Å². The molecule has 1 spiro atoms. The lowest BCUT2D eigenvalue weighted by molar-refractivity contribution is 0.0996. The van der Waals surface area contributed by atoms with Gasteiger partial charge in [0.05, 0.1) is 15.7 Å². The summed E-state index contributed by atoms with van der Waals surface area (Å²) in [5.74, 6) is -0.0638. The molecule has 0 unspecified atom stereocenters. The topological polar surface area (TPSA) is 72.1 Å². The third-order valence-electron chi connectivity index (χ3n) is 6.89. The summed E-state index contributed by atoms with van der Waals surface area (Å²) >= 11 is 12.6. The molecule has 1 aromatic heterocycles. The van der Waals surface area contributed by atoms with Crippen LogP contribution in [-0.2, 0) is 12.8 Å². The average molecular weight is 467 g/mol. The van der Waals surface area contributed by atoms with E-state index in [1.54, 1.807) is 18.2 Å². The van der Waals surface area contributed by atoms with Crippen molar-refractivity contribution >= 4 is 35.1 Å². The number of benzene rings is 2. The van der Waals surface area contributed by atoms with Gasteiger partial charge in [-0.2, -0.15) is 0 Å². The summed E-state index contributed by atoms with van der Waals surface area (Å²) in [6.07, 6.45) is 4.40. The number of nitrogens with two attached hydrogens (primary N) is 1. The third kappa shape index (κ3) is 3.63. The number of carbonyl (C=O) groups is 1. The van der Waals surface area contributed by atoms with Gasteiger partial charge in [0.15, 0.2) is 0 Å². The van der Waals surface area contributed by atoms with Gasteiger partial charge < -0.3 is 10.6 Å². The van der Waals surface area contributed by atoms with Gasteiger partial charge in [0.1, 0.15) is 5.69 Å². The molecule has 32 heavy (non-hydrogen) atoms. The standard InChI is InChI=1S/C25H24Cl2N4O/c1-15-20(18-7-4-8-19(26)21(18)27)22(23(28)32)30-24(29-15)31-11-9-25(10-12-31)13-16-5-2-3-6-17(16)14-25/h2-8H,9-14H2,1H3,(H2,28,32). The Balaban J connectivity index is 1.43. The van der Waals surface area contributed by atoms with Crippen LogP contribution in [0.5, 0.6) is 0 Å². The normalized spacial score (nSPS) is 16.9. The number of aromatic nitrogens is 2. The molecule has 1 aliphatic carbocycles. The van der Waals surface area contributed by atoms with Crippen LogP contribution in [0.25, 0.3) is 11.1 Å². The molecular formula is C25H24Cl2N4O. The highest BCUT2D eigenvalue weighted by Crippen LogP contribution is 2.45. The highest BCUT2D eigenvalue weighted by molar-refractivity contribution is 6.43. The van der Waals surface area contributed by atoms with Crippen LogP contribution in [0, 0.1) is 12.3 Å². The van der Waals surface area contributed by atoms with Crippen molar-refractivity contribution in [3.8, 4) is 11.1 Å². The van der Waals surface area contributed by atoms with Gasteiger partial charge in [-0.3, -0.25) is 4.79 Å². The van der Waals surface area contributed by atoms with Crippen molar-refractivity contribution < 1.29 is 4.79 Å². The van der Waals surface area contributed by atoms with Crippen LogP contribution in [0.4, 0.5) is 5.95 Å². The largest absolute Gasteiger partial charge is 0.364 e. The number of primary amides is 1. The summed E-state index contributed by atoms with van der Waals surface area (Å²) in [6.45, 7) is 3.55. The molecule has 5 nitrogen and oxygen atoms in total. The third-order valence-corrected chi connectivity index (χ3v) is 7.71. The molecule has 0 radical (unpaired) electrons. The molecule has 1 fully saturated rings. The van der Waals surface area contributed by atoms with Gasteiger partial charge in [0.2, 0.25) is 5.95 Å². The van der Waals surface area contributed by atoms with Crippen molar-refractivity contribution in [1.82, 2.24) is 9.97 Å². The van der Waals surface area contributed by atoms with Crippen LogP contribution in [0.15, 0.2) is 42.5 Å². The van der Waals surface area contributed by atoms with Gasteiger partial charge in [-0.05, 0) is 55.2 Å². The Morgan fingerprint density at radius 1 is 1.00 bits per heavy atom. The number of hydrogen-bond acceptors (Lipinski definition) is 4. The van der Waals surface area contributed by atoms with Crippen molar-refractivity contribution in [2.24, 2.45) is 11.1 Å². The number of anilines is 1. The van der Waals surface area contributed by atoms with Gasteiger partial charge in [-0.15, -0.1) is 0 Å². The molecule has 3 aromatic rings. The molecular weight excluding hydrogens is 443 g/mol. The molecule has 164 valence electrons. The zero-order valence-corrected chi connectivity index (χ0v) is 19.4. The quantitative estimate of drug-likeness (QED) is 0.572. The maximum Gasteiger partial charge on any atom is 0.268 e. The molecule has 2 N–H and O–H groups in total. The molecule has 1 aliphatic heterocycles. The molecule has 0 saturated carbocycles. The van der Waals surface area contributed by atoms with Crippen molar-refractivity contribution in [3.63, 3.8) is 0 Å². The van der Waals surface area contributed by atoms with E-state index in [4.69, 9.17) is 33.9 Å². The number of nitrogens with zero attached hydrogens (tertiary/aromatic N) is 3. The van der Waals surface area contributed by atoms with Gasteiger partial charge in [-0.25, -0.2) is 9.97 Å². The SMILES string of the molecule is Cc1nc(N2CCC3(CC2)Cc2ccccc2C3)nc(C(N)=O)c1-c1cccc(Cl)c1Cl. The van der Waals surface area contributed by atoms with E-state index in [1.165, 1.54) is 11.1 Å². The average Bonchev–Trinajstić information content (AvgIpc) is 3.13. The van der Waals surface area contributed by atoms with Gasteiger partial charge >= 0.3 is 0 Å². The van der Waals surface area contributed by atoms with E-state index in [9.17, 15) is 4.79 Å². The Bertz CT molecular complexity index is 1190. The molecule has 5 rings (SSSR count). The monoisotopic (exact) mass is 466 g/mol. The minimum Gasteiger partial charge on any atom is -0.364 e. The van der Waals surface area contributed by atoms with Crippen LogP contribution in [-0.4, -0.2) is 29.0 Å². The van der Waals surface area contributed by atoms with Crippen LogP contribution < -0.4 is 10.6 Å². The summed E-state index contributed by atoms with van der Waals surface area (Å²) in [4.78, 5) is 23.9. The van der Waals surface area contributed by atoms with Gasteiger partial charge in [0.25, 0.3) is 5.91 Å². The minimum absolute atomic E-state index is 0.172. The Hall–Kier alpha value is -2.63. The predicted octanol–water partition coefficient (Wildman–Crippen LogP) is 5.24. The van der Waals surface area contributed by atoms with Crippen molar-refractivity contribution in [2.45, 2.75) is 32.6 Å². The van der Waals surface area contributed by atoms with Gasteiger partial charge in [0, 0.05) is 24.2 Å². The first-order valence-corrected chi connectivity index (χ1v) is 11.6. The number of fused-ring (bicyclic) bond motifs is 1. The Morgan fingerprint density at radius 3 is 2.28 bits per heavy atom. The van der Waals surface area contributed by atoms with Crippen molar-refractivity contribution in [1.29, 1.82) is 0 Å². The number of halogens is 2. The maximum absolute atomic E-state index is 12.3. The minimum atomic E-state index is -0.609. The molecule has 2 aromatic carbocycles. The predicted molar refractivity (Wildman–Crippen MR) is 128 cm³/mol. The number of amides is 1. The van der Waals surface area contributed by atoms with E-state index >= 15 is 0 Å². The number of rotatable bonds is 3. The van der Waals surface area contributed by atoms with E-state index in [-0.39, 0.29) is 5.69 Å². The second kappa shape index (κ2) is 8.05. The summed E-state index contributed by atoms with van der Waals surface area (Å²) in [6, 6.07) is 14.0. The summed E-state index contributed by atoms with van der Waals surface area (Å²) in [5, 5.41) is 0.763. The Labute approximate surface area is 197 Å². The van der Waals surface area contributed by atoms with E-state index in [1.807, 2.05) is 6.92 Å². The lowest BCUT2D eigenvalue weighted by Gasteiger charge is -2.39. The number of carbonyl (C=O) groups excluding carboxylic acids is 1. The van der Waals surface area contributed by atoms with Crippen molar-refractivity contribution in [2.75, 3.05) is 18.0 Å². The number of piperidine rings is 1. The lowest BCUT2D eigenvalue weighted by atomic mass is 9.76. The molecule has 2 heterocycles. The Morgan fingerprint density at radius 2 is 1.66 bits per heavy atom. The molecule has 0 bridgehead atoms. The molecule has 1 amide bonds. The first-order chi connectivity index (χ1) is 15.4. The Kier molecular flexibility index (Phi) is 5.34. The van der Waals surface area contributed by atoms with Crippen molar-refractivity contribution in [3.05, 3.63) is 75.0 Å². The zero-order chi connectivity index (χ0) is 22.5. The zero-order valence-electron chi connectivity index (χ0n) is 17.9. The maximum atomic E-state index is 12.3. The molecule has 1 saturated heterocycles. The summed E-state index contributed by atoms with van der Waals surface area (Å²) in [7, 11) is 0. The second-order valence-corrected chi connectivity index (χ2v) is 9.69. The van der Waals surface area contributed by atoms with E-state index in [0.29, 0.717) is 38.2 Å². The first-order valence-electron chi connectivity index (χ1n) is 10.8. The van der Waals surface area contributed by atoms with E-state index in [2.05, 4.69) is 34.1 Å². The van der Waals surface area contributed by atoms with E-state index in [0.717, 1.165) is 38.8 Å². The van der Waals surface area contributed by atoms with E-state index < -0.39 is 5.91 Å². The summed E-state index contributed by atoms with van der Waals surface area (Å²) in [5.41, 5.74) is 11.0. The second-order valence-electron chi connectivity index (χ2n) is 8.91. The van der Waals surface area contributed by atoms with Crippen LogP contribution in [0.1, 0.15) is 40.2 Å². The molecule has 0 atom stereocenters. The fraction of sp³-hybridized carbons (Fsp3) is 0.320. The molecule has 7 heteroatoms. The smallest absolute Gasteiger partial charge is 0.268 e. The highest BCUT2D eigenvalue weighted by atomic mass is 35.5. The number of hydrogen-bond donors (Lipinski definition) is 1. The van der Waals surface area contributed by atoms with Crippen LogP contribution in [0.2, 0.25) is 10.0 Å². The van der Waals surface area contributed by atoms with Gasteiger partial charge in [-0.1, -0.05) is 59.6 Å². The fourth-order valence-electron chi connectivity index (χ4n) is 5.20.